The summed E-state index contributed by atoms with van der Waals surface area (Å²) in [6, 6.07) is 12.4. The summed E-state index contributed by atoms with van der Waals surface area (Å²) in [6.07, 6.45) is 0. The molecule has 0 bridgehead atoms. The van der Waals surface area contributed by atoms with Gasteiger partial charge in [0.1, 0.15) is 16.7 Å². The van der Waals surface area contributed by atoms with Crippen LogP contribution in [-0.2, 0) is 14.3 Å². The number of hydrogen-bond acceptors (Lipinski definition) is 9. The van der Waals surface area contributed by atoms with E-state index in [4.69, 9.17) is 14.2 Å². The van der Waals surface area contributed by atoms with Crippen LogP contribution in [0.3, 0.4) is 0 Å². The molecule has 1 saturated heterocycles. The molecule has 4 rings (SSSR count). The third-order valence-electron chi connectivity index (χ3n) is 5.58. The number of ether oxygens (including phenoxy) is 3. The molecule has 1 aliphatic rings. The lowest BCUT2D eigenvalue weighted by atomic mass is 9.94. The smallest absolute Gasteiger partial charge is 0.350 e. The first-order chi connectivity index (χ1) is 16.8. The summed E-state index contributed by atoms with van der Waals surface area (Å²) in [5.41, 5.74) is 0.970. The van der Waals surface area contributed by atoms with E-state index in [0.717, 1.165) is 16.2 Å². The Morgan fingerprint density at radius 2 is 1.74 bits per heavy atom. The second-order valence-corrected chi connectivity index (χ2v) is 8.50. The number of Topliss-reactive ketones (excluding diaryl/α,β-unsaturated/α-hetero) is 1. The number of aliphatic hydroxyl groups is 1. The van der Waals surface area contributed by atoms with Gasteiger partial charge < -0.3 is 19.3 Å². The van der Waals surface area contributed by atoms with Gasteiger partial charge in [0.05, 0.1) is 32.6 Å². The molecular formula is C25H22N2O7S. The lowest BCUT2D eigenvalue weighted by Gasteiger charge is -2.25. The number of amides is 1. The lowest BCUT2D eigenvalue weighted by Crippen LogP contribution is -2.29. The largest absolute Gasteiger partial charge is 0.507 e. The lowest BCUT2D eigenvalue weighted by molar-refractivity contribution is -0.132. The van der Waals surface area contributed by atoms with E-state index >= 15 is 0 Å². The van der Waals surface area contributed by atoms with Crippen molar-refractivity contribution in [3.63, 3.8) is 0 Å². The summed E-state index contributed by atoms with van der Waals surface area (Å²) >= 11 is 0.918. The summed E-state index contributed by atoms with van der Waals surface area (Å²) in [7, 11) is 4.15. The number of aryl methyl sites for hydroxylation is 1. The van der Waals surface area contributed by atoms with Crippen LogP contribution < -0.4 is 14.4 Å². The zero-order chi connectivity index (χ0) is 25.3. The number of carbonyl (C=O) groups excluding carboxylic acids is 3. The average Bonchev–Trinajstić information content (AvgIpc) is 3.39. The van der Waals surface area contributed by atoms with Crippen LogP contribution in [0.4, 0.5) is 5.13 Å². The Hall–Kier alpha value is -4.18. The Morgan fingerprint density at radius 1 is 1.03 bits per heavy atom. The summed E-state index contributed by atoms with van der Waals surface area (Å²) in [6.45, 7) is 1.61. The van der Waals surface area contributed by atoms with Crippen LogP contribution in [0.1, 0.15) is 32.5 Å². The minimum absolute atomic E-state index is 0.104. The van der Waals surface area contributed by atoms with Crippen molar-refractivity contribution in [1.82, 2.24) is 4.98 Å². The number of nitrogens with zero attached hydrogens (tertiary/aromatic N) is 2. The highest BCUT2D eigenvalue weighted by Crippen LogP contribution is 2.48. The van der Waals surface area contributed by atoms with Crippen molar-refractivity contribution >= 4 is 39.9 Å². The standard InChI is InChI=1S/C25H22N2O7S/c1-13-22(24(31)34-4)35-25(26-13)27-18(15-11-8-12-16(32-2)21(15)33-3)17(20(29)23(27)30)19(28)14-9-6-5-7-10-14/h5-12,18,28H,1-4H3/b19-17+. The molecule has 1 aliphatic heterocycles. The van der Waals surface area contributed by atoms with Crippen LogP contribution in [0.15, 0.2) is 54.1 Å². The molecule has 3 aromatic rings. The van der Waals surface area contributed by atoms with Gasteiger partial charge in [-0.1, -0.05) is 53.8 Å². The van der Waals surface area contributed by atoms with Crippen LogP contribution in [0.5, 0.6) is 11.5 Å². The number of rotatable bonds is 6. The van der Waals surface area contributed by atoms with Gasteiger partial charge in [-0.05, 0) is 13.0 Å². The van der Waals surface area contributed by atoms with Crippen LogP contribution in [0.25, 0.3) is 5.76 Å². The Kier molecular flexibility index (Phi) is 6.57. The van der Waals surface area contributed by atoms with E-state index < -0.39 is 23.7 Å². The van der Waals surface area contributed by atoms with Crippen molar-refractivity contribution in [2.75, 3.05) is 26.2 Å². The van der Waals surface area contributed by atoms with Crippen molar-refractivity contribution in [1.29, 1.82) is 0 Å². The summed E-state index contributed by atoms with van der Waals surface area (Å²) in [4.78, 5) is 44.6. The summed E-state index contributed by atoms with van der Waals surface area (Å²) in [5.74, 6) is -2.09. The monoisotopic (exact) mass is 494 g/mol. The van der Waals surface area contributed by atoms with E-state index in [0.29, 0.717) is 22.6 Å². The Morgan fingerprint density at radius 3 is 2.37 bits per heavy atom. The Balaban J connectivity index is 2.01. The van der Waals surface area contributed by atoms with Crippen molar-refractivity contribution in [2.24, 2.45) is 0 Å². The normalized spacial score (nSPS) is 16.9. The van der Waals surface area contributed by atoms with Gasteiger partial charge in [0.2, 0.25) is 0 Å². The second-order valence-electron chi connectivity index (χ2n) is 7.52. The highest BCUT2D eigenvalue weighted by Gasteiger charge is 2.49. The topological polar surface area (TPSA) is 115 Å². The number of thiazole rings is 1. The molecule has 0 saturated carbocycles. The zero-order valence-corrected chi connectivity index (χ0v) is 20.2. The molecular weight excluding hydrogens is 472 g/mol. The van der Waals surface area contributed by atoms with Gasteiger partial charge in [-0.15, -0.1) is 0 Å². The molecule has 2 aromatic carbocycles. The SMILES string of the molecule is COC(=O)c1sc(N2C(=O)C(=O)/C(=C(/O)c3ccccc3)C2c2cccc(OC)c2OC)nc1C. The molecule has 1 atom stereocenters. The zero-order valence-electron chi connectivity index (χ0n) is 19.4. The van der Waals surface area contributed by atoms with Gasteiger partial charge in [-0.3, -0.25) is 14.5 Å². The molecule has 10 heteroatoms. The first-order valence-corrected chi connectivity index (χ1v) is 11.3. The number of hydrogen-bond donors (Lipinski definition) is 1. The number of ketones is 1. The minimum atomic E-state index is -1.10. The predicted molar refractivity (Wildman–Crippen MR) is 129 cm³/mol. The first-order valence-electron chi connectivity index (χ1n) is 10.5. The van der Waals surface area contributed by atoms with E-state index in [1.807, 2.05) is 0 Å². The van der Waals surface area contributed by atoms with Gasteiger partial charge in [0.25, 0.3) is 5.78 Å². The molecule has 35 heavy (non-hydrogen) atoms. The number of aromatic nitrogens is 1. The average molecular weight is 495 g/mol. The number of anilines is 1. The van der Waals surface area contributed by atoms with Gasteiger partial charge in [0.15, 0.2) is 16.6 Å². The number of methoxy groups -OCH3 is 3. The number of carbonyl (C=O) groups is 3. The van der Waals surface area contributed by atoms with E-state index in [-0.39, 0.29) is 27.1 Å². The number of aliphatic hydroxyl groups excluding tert-OH is 1. The highest BCUT2D eigenvalue weighted by molar-refractivity contribution is 7.17. The molecule has 0 aliphatic carbocycles. The second kappa shape index (κ2) is 9.59. The van der Waals surface area contributed by atoms with Gasteiger partial charge in [-0.2, -0.15) is 0 Å². The highest BCUT2D eigenvalue weighted by atomic mass is 32.1. The van der Waals surface area contributed by atoms with E-state index in [1.165, 1.54) is 21.3 Å². The van der Waals surface area contributed by atoms with E-state index in [9.17, 15) is 19.5 Å². The van der Waals surface area contributed by atoms with E-state index in [2.05, 4.69) is 4.98 Å². The summed E-state index contributed by atoms with van der Waals surface area (Å²) < 4.78 is 15.8. The third kappa shape index (κ3) is 4.01. The van der Waals surface area contributed by atoms with Crippen molar-refractivity contribution < 1.29 is 33.7 Å². The third-order valence-corrected chi connectivity index (χ3v) is 6.72. The fraction of sp³-hybridized carbons (Fsp3) is 0.200. The van der Waals surface area contributed by atoms with Crippen molar-refractivity contribution in [2.45, 2.75) is 13.0 Å². The van der Waals surface area contributed by atoms with Crippen LogP contribution >= 0.6 is 11.3 Å². The summed E-state index contributed by atoms with van der Waals surface area (Å²) in [5, 5.41) is 11.3. The van der Waals surface area contributed by atoms with Crippen LogP contribution in [0, 0.1) is 6.92 Å². The van der Waals surface area contributed by atoms with E-state index in [1.54, 1.807) is 55.5 Å². The fourth-order valence-electron chi connectivity index (χ4n) is 3.97. The first kappa shape index (κ1) is 24.0. The molecule has 9 nitrogen and oxygen atoms in total. The molecule has 1 N–H and O–H groups in total. The molecule has 2 heterocycles. The maximum absolute atomic E-state index is 13.4. The molecule has 1 aromatic heterocycles. The number of benzene rings is 2. The molecule has 1 fully saturated rings. The molecule has 0 spiro atoms. The maximum atomic E-state index is 13.4. The predicted octanol–water partition coefficient (Wildman–Crippen LogP) is 3.88. The number of esters is 1. The maximum Gasteiger partial charge on any atom is 0.350 e. The van der Waals surface area contributed by atoms with Gasteiger partial charge in [0, 0.05) is 11.1 Å². The van der Waals surface area contributed by atoms with Gasteiger partial charge >= 0.3 is 11.9 Å². The Labute approximate surface area is 205 Å². The molecule has 1 amide bonds. The van der Waals surface area contributed by atoms with Crippen molar-refractivity contribution in [3.05, 3.63) is 75.8 Å². The molecule has 180 valence electrons. The van der Waals surface area contributed by atoms with Crippen LogP contribution in [-0.4, -0.2) is 49.1 Å². The van der Waals surface area contributed by atoms with Crippen LogP contribution in [0.2, 0.25) is 0 Å². The van der Waals surface area contributed by atoms with Gasteiger partial charge in [-0.25, -0.2) is 9.78 Å². The Bertz CT molecular complexity index is 1350. The van der Waals surface area contributed by atoms with Crippen molar-refractivity contribution in [3.8, 4) is 11.5 Å². The fourth-order valence-corrected chi connectivity index (χ4v) is 4.98. The minimum Gasteiger partial charge on any atom is -0.507 e. The molecule has 0 radical (unpaired) electrons. The number of para-hydroxylation sites is 1. The molecule has 1 unspecified atom stereocenters. The quantitative estimate of drug-likeness (QED) is 0.238.